The SMILES string of the molecule is Cc1cccc2sc(NCCc3ccc(/N=C4\SC5CCC[C@H]5N4C)cc3)nc12. The third-order valence-corrected chi connectivity index (χ3v) is 8.37. The fraction of sp³-hybridized carbons (Fsp3) is 0.391. The zero-order chi connectivity index (χ0) is 19.8. The molecule has 1 saturated carbocycles. The second-order valence-electron chi connectivity index (χ2n) is 7.94. The van der Waals surface area contributed by atoms with E-state index in [-0.39, 0.29) is 0 Å². The Morgan fingerprint density at radius 1 is 1.17 bits per heavy atom. The van der Waals surface area contributed by atoms with E-state index < -0.39 is 0 Å². The van der Waals surface area contributed by atoms with E-state index in [4.69, 9.17) is 9.98 Å². The second kappa shape index (κ2) is 8.00. The number of aliphatic imine (C=N–C) groups is 1. The Kier molecular flexibility index (Phi) is 5.22. The van der Waals surface area contributed by atoms with E-state index in [0.717, 1.165) is 34.6 Å². The molecule has 0 bridgehead atoms. The Hall–Kier alpha value is -2.05. The van der Waals surface area contributed by atoms with Crippen LogP contribution in [0.15, 0.2) is 47.5 Å². The van der Waals surface area contributed by atoms with Gasteiger partial charge in [0.15, 0.2) is 10.3 Å². The maximum Gasteiger partial charge on any atom is 0.183 e. The highest BCUT2D eigenvalue weighted by molar-refractivity contribution is 8.14. The summed E-state index contributed by atoms with van der Waals surface area (Å²) in [7, 11) is 2.20. The third-order valence-electron chi connectivity index (χ3n) is 5.95. The molecule has 6 heteroatoms. The van der Waals surface area contributed by atoms with Crippen molar-refractivity contribution < 1.29 is 0 Å². The molecule has 1 aliphatic heterocycles. The van der Waals surface area contributed by atoms with E-state index in [1.807, 2.05) is 11.8 Å². The third kappa shape index (κ3) is 3.88. The molecule has 1 aliphatic carbocycles. The number of amidine groups is 1. The molecular weight excluding hydrogens is 396 g/mol. The van der Waals surface area contributed by atoms with Gasteiger partial charge in [-0.2, -0.15) is 0 Å². The van der Waals surface area contributed by atoms with Gasteiger partial charge in [0.05, 0.1) is 15.9 Å². The number of para-hydroxylation sites is 1. The molecule has 29 heavy (non-hydrogen) atoms. The number of aromatic nitrogens is 1. The molecule has 0 spiro atoms. The van der Waals surface area contributed by atoms with Gasteiger partial charge in [0.1, 0.15) is 0 Å². The lowest BCUT2D eigenvalue weighted by Gasteiger charge is -2.19. The van der Waals surface area contributed by atoms with Crippen molar-refractivity contribution in [3.8, 4) is 0 Å². The van der Waals surface area contributed by atoms with Gasteiger partial charge in [0.2, 0.25) is 0 Å². The van der Waals surface area contributed by atoms with E-state index in [1.54, 1.807) is 11.3 Å². The lowest BCUT2D eigenvalue weighted by molar-refractivity contribution is 0.397. The standard InChI is InChI=1S/C23H26N4S2/c1-15-5-3-8-20-21(15)26-22(28-20)24-14-13-16-9-11-17(12-10-16)25-23-27(2)18-6-4-7-19(18)29-23/h3,5,8-12,18-19H,4,6-7,13-14H2,1-2H3,(H,24,26)/b25-23-/t18-,19?/m1/s1. The second-order valence-corrected chi connectivity index (χ2v) is 10.2. The zero-order valence-corrected chi connectivity index (χ0v) is 18.5. The summed E-state index contributed by atoms with van der Waals surface area (Å²) < 4.78 is 1.25. The van der Waals surface area contributed by atoms with Crippen molar-refractivity contribution in [2.24, 2.45) is 4.99 Å². The molecule has 150 valence electrons. The van der Waals surface area contributed by atoms with Crippen LogP contribution in [0, 0.1) is 6.92 Å². The van der Waals surface area contributed by atoms with Crippen LogP contribution in [0.5, 0.6) is 0 Å². The quantitative estimate of drug-likeness (QED) is 0.560. The fourth-order valence-corrected chi connectivity index (χ4v) is 6.74. The minimum absolute atomic E-state index is 0.690. The first kappa shape index (κ1) is 18.9. The first-order valence-electron chi connectivity index (χ1n) is 10.3. The van der Waals surface area contributed by atoms with E-state index >= 15 is 0 Å². The molecule has 0 radical (unpaired) electrons. The number of thioether (sulfide) groups is 1. The summed E-state index contributed by atoms with van der Waals surface area (Å²) in [6, 6.07) is 15.7. The Morgan fingerprint density at radius 3 is 2.83 bits per heavy atom. The number of hydrogen-bond donors (Lipinski definition) is 1. The molecule has 1 unspecified atom stereocenters. The first-order chi connectivity index (χ1) is 14.2. The van der Waals surface area contributed by atoms with Gasteiger partial charge in [0, 0.05) is 24.9 Å². The minimum Gasteiger partial charge on any atom is -0.361 e. The van der Waals surface area contributed by atoms with Crippen molar-refractivity contribution in [2.45, 2.75) is 43.9 Å². The van der Waals surface area contributed by atoms with Gasteiger partial charge in [-0.25, -0.2) is 9.98 Å². The number of hydrogen-bond acceptors (Lipinski definition) is 5. The van der Waals surface area contributed by atoms with Gasteiger partial charge in [-0.3, -0.25) is 0 Å². The predicted octanol–water partition coefficient (Wildman–Crippen LogP) is 5.85. The van der Waals surface area contributed by atoms with Crippen molar-refractivity contribution in [3.63, 3.8) is 0 Å². The van der Waals surface area contributed by atoms with Crippen molar-refractivity contribution >= 4 is 49.3 Å². The van der Waals surface area contributed by atoms with Crippen LogP contribution < -0.4 is 5.32 Å². The van der Waals surface area contributed by atoms with E-state index in [1.165, 1.54) is 40.3 Å². The Bertz CT molecular complexity index is 1040. The molecule has 5 rings (SSSR count). The van der Waals surface area contributed by atoms with Gasteiger partial charge in [0.25, 0.3) is 0 Å². The number of nitrogens with one attached hydrogen (secondary N) is 1. The molecule has 2 fully saturated rings. The molecular formula is C23H26N4S2. The molecule has 2 aliphatic rings. The predicted molar refractivity (Wildman–Crippen MR) is 127 cm³/mol. The number of thiazole rings is 1. The molecule has 4 nitrogen and oxygen atoms in total. The summed E-state index contributed by atoms with van der Waals surface area (Å²) in [6.07, 6.45) is 4.98. The highest BCUT2D eigenvalue weighted by Gasteiger charge is 2.39. The van der Waals surface area contributed by atoms with Crippen LogP contribution >= 0.6 is 23.1 Å². The van der Waals surface area contributed by atoms with Crippen LogP contribution in [-0.4, -0.2) is 39.9 Å². The molecule has 0 amide bonds. The Labute approximate surface area is 180 Å². The monoisotopic (exact) mass is 422 g/mol. The van der Waals surface area contributed by atoms with Gasteiger partial charge >= 0.3 is 0 Å². The van der Waals surface area contributed by atoms with E-state index in [2.05, 4.69) is 66.7 Å². The summed E-state index contributed by atoms with van der Waals surface area (Å²) in [5.41, 5.74) is 4.72. The lowest BCUT2D eigenvalue weighted by Crippen LogP contribution is -2.30. The van der Waals surface area contributed by atoms with Crippen molar-refractivity contribution in [3.05, 3.63) is 53.6 Å². The van der Waals surface area contributed by atoms with Gasteiger partial charge < -0.3 is 10.2 Å². The highest BCUT2D eigenvalue weighted by Crippen LogP contribution is 2.41. The van der Waals surface area contributed by atoms with Crippen LogP contribution in [0.25, 0.3) is 10.2 Å². The summed E-state index contributed by atoms with van der Waals surface area (Å²) in [4.78, 5) is 12.0. The minimum atomic E-state index is 0.690. The van der Waals surface area contributed by atoms with Crippen LogP contribution in [0.4, 0.5) is 10.8 Å². The summed E-state index contributed by atoms with van der Waals surface area (Å²) >= 11 is 3.69. The van der Waals surface area contributed by atoms with E-state index in [0.29, 0.717) is 6.04 Å². The molecule has 2 aromatic carbocycles. The first-order valence-corrected chi connectivity index (χ1v) is 12.0. The fourth-order valence-electron chi connectivity index (χ4n) is 4.28. The molecule has 1 saturated heterocycles. The zero-order valence-electron chi connectivity index (χ0n) is 16.9. The number of benzene rings is 2. The van der Waals surface area contributed by atoms with Crippen molar-refractivity contribution in [1.82, 2.24) is 9.88 Å². The topological polar surface area (TPSA) is 40.5 Å². The molecule has 1 N–H and O–H groups in total. The van der Waals surface area contributed by atoms with Crippen LogP contribution in [0.2, 0.25) is 0 Å². The molecule has 2 heterocycles. The van der Waals surface area contributed by atoms with Gasteiger partial charge in [-0.1, -0.05) is 53.8 Å². The summed E-state index contributed by atoms with van der Waals surface area (Å²) in [6.45, 7) is 3.00. The summed E-state index contributed by atoms with van der Waals surface area (Å²) in [5, 5.41) is 6.41. The molecule has 1 aromatic heterocycles. The molecule has 2 atom stereocenters. The van der Waals surface area contributed by atoms with Gasteiger partial charge in [-0.05, 0) is 55.5 Å². The summed E-state index contributed by atoms with van der Waals surface area (Å²) in [5.74, 6) is 0. The maximum absolute atomic E-state index is 4.90. The lowest BCUT2D eigenvalue weighted by atomic mass is 10.1. The average molecular weight is 423 g/mol. The normalized spacial score (nSPS) is 22.6. The number of rotatable bonds is 5. The van der Waals surface area contributed by atoms with Crippen LogP contribution in [0.3, 0.4) is 0 Å². The van der Waals surface area contributed by atoms with Crippen molar-refractivity contribution in [2.75, 3.05) is 18.9 Å². The number of aryl methyl sites for hydroxylation is 1. The van der Waals surface area contributed by atoms with Gasteiger partial charge in [-0.15, -0.1) is 0 Å². The number of nitrogens with zero attached hydrogens (tertiary/aromatic N) is 3. The average Bonchev–Trinajstić information content (AvgIpc) is 3.41. The van der Waals surface area contributed by atoms with Crippen LogP contribution in [0.1, 0.15) is 30.4 Å². The smallest absolute Gasteiger partial charge is 0.183 e. The Balaban J connectivity index is 1.18. The maximum atomic E-state index is 4.90. The molecule has 3 aromatic rings. The number of anilines is 1. The van der Waals surface area contributed by atoms with E-state index in [9.17, 15) is 0 Å². The largest absolute Gasteiger partial charge is 0.361 e. The highest BCUT2D eigenvalue weighted by atomic mass is 32.2. The Morgan fingerprint density at radius 2 is 2.03 bits per heavy atom. The van der Waals surface area contributed by atoms with Crippen molar-refractivity contribution in [1.29, 1.82) is 0 Å². The number of fused-ring (bicyclic) bond motifs is 2. The van der Waals surface area contributed by atoms with Crippen LogP contribution in [-0.2, 0) is 6.42 Å².